The highest BCUT2D eigenvalue weighted by Crippen LogP contribution is 2.40. The topological polar surface area (TPSA) is 68.0 Å². The standard InChI is InChI=1S/C26H24ClN3OS/c27-17-11-13-18(14-12-17)29-25(31)24-23(28)22-20-9-5-4-8-19(20)21(30-26(22)32-24)15-10-16-6-2-1-3-7-16/h1-3,6-7,11-14H,4-5,8-10,15,28H2,(H,29,31). The molecule has 0 spiro atoms. The van der Waals surface area contributed by atoms with Crippen LogP contribution < -0.4 is 11.1 Å². The molecule has 6 heteroatoms. The summed E-state index contributed by atoms with van der Waals surface area (Å²) in [5, 5.41) is 4.54. The minimum Gasteiger partial charge on any atom is -0.397 e. The number of thiophene rings is 1. The number of halogens is 1. The zero-order valence-electron chi connectivity index (χ0n) is 17.7. The van der Waals surface area contributed by atoms with Crippen LogP contribution in [0, 0.1) is 0 Å². The molecule has 0 saturated carbocycles. The predicted octanol–water partition coefficient (Wildman–Crippen LogP) is 6.45. The number of pyridine rings is 1. The Morgan fingerprint density at radius 1 is 1.00 bits per heavy atom. The molecule has 1 aliphatic carbocycles. The lowest BCUT2D eigenvalue weighted by Crippen LogP contribution is -2.12. The highest BCUT2D eigenvalue weighted by Gasteiger charge is 2.25. The first-order chi connectivity index (χ1) is 15.6. The van der Waals surface area contributed by atoms with Crippen LogP contribution in [0.3, 0.4) is 0 Å². The first-order valence-electron chi connectivity index (χ1n) is 10.9. The number of nitrogens with zero attached hydrogens (tertiary/aromatic N) is 1. The number of hydrogen-bond donors (Lipinski definition) is 2. The van der Waals surface area contributed by atoms with Crippen molar-refractivity contribution in [3.63, 3.8) is 0 Å². The average Bonchev–Trinajstić information content (AvgIpc) is 3.16. The Morgan fingerprint density at radius 3 is 2.47 bits per heavy atom. The summed E-state index contributed by atoms with van der Waals surface area (Å²) in [4.78, 5) is 19.4. The summed E-state index contributed by atoms with van der Waals surface area (Å²) < 4.78 is 0. The lowest BCUT2D eigenvalue weighted by molar-refractivity contribution is 0.103. The fourth-order valence-electron chi connectivity index (χ4n) is 4.50. The Balaban J connectivity index is 1.50. The molecule has 3 N–H and O–H groups in total. The molecule has 2 heterocycles. The van der Waals surface area contributed by atoms with Crippen molar-refractivity contribution >= 4 is 50.4 Å². The van der Waals surface area contributed by atoms with Gasteiger partial charge in [-0.15, -0.1) is 11.3 Å². The van der Waals surface area contributed by atoms with E-state index in [1.807, 2.05) is 6.07 Å². The van der Waals surface area contributed by atoms with Gasteiger partial charge in [-0.1, -0.05) is 41.9 Å². The molecule has 1 amide bonds. The second-order valence-electron chi connectivity index (χ2n) is 8.19. The molecule has 5 rings (SSSR count). The highest BCUT2D eigenvalue weighted by molar-refractivity contribution is 7.21. The van der Waals surface area contributed by atoms with Gasteiger partial charge >= 0.3 is 0 Å². The number of fused-ring (bicyclic) bond motifs is 3. The normalized spacial score (nSPS) is 13.2. The third kappa shape index (κ3) is 4.10. The van der Waals surface area contributed by atoms with Crippen molar-refractivity contribution in [1.82, 2.24) is 4.98 Å². The molecule has 32 heavy (non-hydrogen) atoms. The molecule has 0 saturated heterocycles. The number of benzene rings is 2. The number of aryl methyl sites for hydroxylation is 3. The molecular formula is C26H24ClN3OS. The van der Waals surface area contributed by atoms with Crippen LogP contribution in [0.15, 0.2) is 54.6 Å². The zero-order chi connectivity index (χ0) is 22.1. The van der Waals surface area contributed by atoms with E-state index in [1.165, 1.54) is 34.4 Å². The van der Waals surface area contributed by atoms with E-state index in [1.54, 1.807) is 24.3 Å². The van der Waals surface area contributed by atoms with Gasteiger partial charge in [0.15, 0.2) is 0 Å². The van der Waals surface area contributed by atoms with Crippen LogP contribution in [0.25, 0.3) is 10.2 Å². The van der Waals surface area contributed by atoms with E-state index in [4.69, 9.17) is 22.3 Å². The Morgan fingerprint density at radius 2 is 1.72 bits per heavy atom. The monoisotopic (exact) mass is 461 g/mol. The molecule has 2 aromatic heterocycles. The van der Waals surface area contributed by atoms with Gasteiger partial charge in [-0.2, -0.15) is 0 Å². The Bertz CT molecular complexity index is 1280. The largest absolute Gasteiger partial charge is 0.397 e. The molecule has 4 nitrogen and oxygen atoms in total. The number of nitrogens with two attached hydrogens (primary N) is 1. The molecular weight excluding hydrogens is 438 g/mol. The number of nitrogen functional groups attached to an aromatic ring is 1. The number of aromatic nitrogens is 1. The highest BCUT2D eigenvalue weighted by atomic mass is 35.5. The lowest BCUT2D eigenvalue weighted by atomic mass is 9.87. The third-order valence-corrected chi connectivity index (χ3v) is 7.43. The molecule has 162 valence electrons. The van der Waals surface area contributed by atoms with Crippen LogP contribution in [-0.4, -0.2) is 10.9 Å². The zero-order valence-corrected chi connectivity index (χ0v) is 19.2. The fraction of sp³-hybridized carbons (Fsp3) is 0.231. The number of hydrogen-bond acceptors (Lipinski definition) is 4. The molecule has 2 aromatic carbocycles. The second-order valence-corrected chi connectivity index (χ2v) is 9.63. The molecule has 1 aliphatic rings. The summed E-state index contributed by atoms with van der Waals surface area (Å²) in [5.41, 5.74) is 12.9. The van der Waals surface area contributed by atoms with Crippen LogP contribution in [-0.2, 0) is 25.7 Å². The van der Waals surface area contributed by atoms with Crippen LogP contribution >= 0.6 is 22.9 Å². The first-order valence-corrected chi connectivity index (χ1v) is 12.1. The van der Waals surface area contributed by atoms with Crippen molar-refractivity contribution in [2.45, 2.75) is 38.5 Å². The number of nitrogens with one attached hydrogen (secondary N) is 1. The number of anilines is 2. The maximum absolute atomic E-state index is 13.0. The summed E-state index contributed by atoms with van der Waals surface area (Å²) in [6.07, 6.45) is 6.19. The average molecular weight is 462 g/mol. The van der Waals surface area contributed by atoms with E-state index in [0.717, 1.165) is 48.0 Å². The summed E-state index contributed by atoms with van der Waals surface area (Å²) in [7, 11) is 0. The van der Waals surface area contributed by atoms with E-state index in [0.29, 0.717) is 21.3 Å². The van der Waals surface area contributed by atoms with E-state index in [-0.39, 0.29) is 5.91 Å². The van der Waals surface area contributed by atoms with Gasteiger partial charge in [-0.05, 0) is 79.5 Å². The Hall–Kier alpha value is -2.89. The van der Waals surface area contributed by atoms with Crippen molar-refractivity contribution in [3.05, 3.63) is 86.9 Å². The molecule has 0 radical (unpaired) electrons. The molecule has 0 fully saturated rings. The van der Waals surface area contributed by atoms with Crippen molar-refractivity contribution in [3.8, 4) is 0 Å². The fourth-order valence-corrected chi connectivity index (χ4v) is 5.66. The van der Waals surface area contributed by atoms with Crippen molar-refractivity contribution in [2.24, 2.45) is 0 Å². The predicted molar refractivity (Wildman–Crippen MR) is 134 cm³/mol. The van der Waals surface area contributed by atoms with Gasteiger partial charge in [0.05, 0.1) is 5.69 Å². The van der Waals surface area contributed by atoms with E-state index >= 15 is 0 Å². The van der Waals surface area contributed by atoms with Gasteiger partial charge in [-0.25, -0.2) is 4.98 Å². The van der Waals surface area contributed by atoms with Gasteiger partial charge in [0.2, 0.25) is 0 Å². The summed E-state index contributed by atoms with van der Waals surface area (Å²) in [6, 6.07) is 17.6. The molecule has 4 aromatic rings. The Kier molecular flexibility index (Phi) is 5.85. The van der Waals surface area contributed by atoms with Crippen molar-refractivity contribution in [1.29, 1.82) is 0 Å². The van der Waals surface area contributed by atoms with E-state index in [9.17, 15) is 4.79 Å². The van der Waals surface area contributed by atoms with Gasteiger partial charge in [-0.3, -0.25) is 4.79 Å². The quantitative estimate of drug-likeness (QED) is 0.359. The van der Waals surface area contributed by atoms with Gasteiger partial charge < -0.3 is 11.1 Å². The van der Waals surface area contributed by atoms with Gasteiger partial charge in [0.1, 0.15) is 9.71 Å². The summed E-state index contributed by atoms with van der Waals surface area (Å²) >= 11 is 7.34. The van der Waals surface area contributed by atoms with Gasteiger partial charge in [0, 0.05) is 21.8 Å². The lowest BCUT2D eigenvalue weighted by Gasteiger charge is -2.20. The molecule has 0 unspecified atom stereocenters. The smallest absolute Gasteiger partial charge is 0.267 e. The van der Waals surface area contributed by atoms with Crippen molar-refractivity contribution in [2.75, 3.05) is 11.1 Å². The van der Waals surface area contributed by atoms with Crippen molar-refractivity contribution < 1.29 is 4.79 Å². The van der Waals surface area contributed by atoms with Gasteiger partial charge in [0.25, 0.3) is 5.91 Å². The van der Waals surface area contributed by atoms with Crippen LogP contribution in [0.1, 0.15) is 44.9 Å². The number of amides is 1. The third-order valence-electron chi connectivity index (χ3n) is 6.08. The minimum atomic E-state index is -0.205. The number of carbonyl (C=O) groups excluding carboxylic acids is 1. The molecule has 0 atom stereocenters. The maximum Gasteiger partial charge on any atom is 0.267 e. The summed E-state index contributed by atoms with van der Waals surface area (Å²) in [6.45, 7) is 0. The SMILES string of the molecule is Nc1c(C(=O)Nc2ccc(Cl)cc2)sc2nc(CCc3ccccc3)c3c(c12)CCCC3. The number of carbonyl (C=O) groups is 1. The van der Waals surface area contributed by atoms with E-state index in [2.05, 4.69) is 29.6 Å². The number of rotatable bonds is 5. The van der Waals surface area contributed by atoms with Crippen LogP contribution in [0.5, 0.6) is 0 Å². The molecule has 0 aliphatic heterocycles. The van der Waals surface area contributed by atoms with Crippen LogP contribution in [0.2, 0.25) is 5.02 Å². The molecule has 0 bridgehead atoms. The van der Waals surface area contributed by atoms with Crippen LogP contribution in [0.4, 0.5) is 11.4 Å². The Labute approximate surface area is 196 Å². The van der Waals surface area contributed by atoms with E-state index < -0.39 is 0 Å². The maximum atomic E-state index is 13.0. The second kappa shape index (κ2) is 8.93. The summed E-state index contributed by atoms with van der Waals surface area (Å²) in [5.74, 6) is -0.205. The minimum absolute atomic E-state index is 0.205. The first kappa shape index (κ1) is 21.0.